The Balaban J connectivity index is 1.99. The highest BCUT2D eigenvalue weighted by molar-refractivity contribution is 5.91. The van der Waals surface area contributed by atoms with Crippen LogP contribution in [0.25, 0.3) is 6.08 Å². The van der Waals surface area contributed by atoms with Gasteiger partial charge in [0, 0.05) is 23.9 Å². The first-order valence-corrected chi connectivity index (χ1v) is 6.86. The number of benzene rings is 1. The standard InChI is InChI=1S/C17H17FN2O2/c1-11-9-12(2)20-17(22)15(11)10-19-16(21)8-5-13-3-6-14(18)7-4-13/h3-9H,10H2,1-2H3,(H,19,21)(H,20,22). The van der Waals surface area contributed by atoms with Crippen LogP contribution in [0.15, 0.2) is 41.2 Å². The molecule has 1 aromatic carbocycles. The molecule has 0 aliphatic rings. The SMILES string of the molecule is Cc1cc(C)c(CNC(=O)C=Cc2ccc(F)cc2)c(=O)[nH]1. The molecule has 0 radical (unpaired) electrons. The molecule has 2 rings (SSSR count). The molecule has 0 unspecified atom stereocenters. The van der Waals surface area contributed by atoms with Crippen molar-refractivity contribution in [1.29, 1.82) is 0 Å². The predicted octanol–water partition coefficient (Wildman–Crippen LogP) is 2.46. The van der Waals surface area contributed by atoms with Crippen molar-refractivity contribution in [3.63, 3.8) is 0 Å². The van der Waals surface area contributed by atoms with E-state index in [4.69, 9.17) is 0 Å². The van der Waals surface area contributed by atoms with Crippen LogP contribution in [0.2, 0.25) is 0 Å². The highest BCUT2D eigenvalue weighted by Gasteiger charge is 2.06. The molecule has 0 atom stereocenters. The van der Waals surface area contributed by atoms with Gasteiger partial charge in [-0.25, -0.2) is 4.39 Å². The lowest BCUT2D eigenvalue weighted by atomic mass is 10.1. The predicted molar refractivity (Wildman–Crippen MR) is 83.8 cm³/mol. The van der Waals surface area contributed by atoms with Crippen molar-refractivity contribution in [3.05, 3.63) is 75.0 Å². The number of carbonyl (C=O) groups is 1. The molecule has 5 heteroatoms. The molecule has 114 valence electrons. The third-order valence-corrected chi connectivity index (χ3v) is 3.23. The van der Waals surface area contributed by atoms with E-state index in [-0.39, 0.29) is 23.8 Å². The number of nitrogens with one attached hydrogen (secondary N) is 2. The van der Waals surface area contributed by atoms with Crippen molar-refractivity contribution in [2.24, 2.45) is 0 Å². The minimum atomic E-state index is -0.323. The molecule has 0 bridgehead atoms. The summed E-state index contributed by atoms with van der Waals surface area (Å²) in [7, 11) is 0. The Kier molecular flexibility index (Phi) is 4.88. The smallest absolute Gasteiger partial charge is 0.253 e. The maximum atomic E-state index is 12.8. The van der Waals surface area contributed by atoms with Crippen LogP contribution in [-0.4, -0.2) is 10.9 Å². The molecule has 0 saturated heterocycles. The molecule has 0 aliphatic heterocycles. The number of pyridine rings is 1. The quantitative estimate of drug-likeness (QED) is 0.852. The van der Waals surface area contributed by atoms with E-state index in [0.717, 1.165) is 16.8 Å². The second-order valence-corrected chi connectivity index (χ2v) is 5.05. The molecule has 4 nitrogen and oxygen atoms in total. The number of aryl methyl sites for hydroxylation is 2. The van der Waals surface area contributed by atoms with E-state index in [1.165, 1.54) is 18.2 Å². The van der Waals surface area contributed by atoms with Crippen molar-refractivity contribution in [2.75, 3.05) is 0 Å². The van der Waals surface area contributed by atoms with Crippen LogP contribution in [0.4, 0.5) is 4.39 Å². The van der Waals surface area contributed by atoms with E-state index in [1.807, 2.05) is 19.9 Å². The molecule has 0 fully saturated rings. The van der Waals surface area contributed by atoms with Gasteiger partial charge in [-0.3, -0.25) is 9.59 Å². The summed E-state index contributed by atoms with van der Waals surface area (Å²) in [5, 5.41) is 2.66. The number of rotatable bonds is 4. The zero-order chi connectivity index (χ0) is 16.1. The lowest BCUT2D eigenvalue weighted by Gasteiger charge is -2.06. The van der Waals surface area contributed by atoms with E-state index in [0.29, 0.717) is 5.56 Å². The molecule has 1 heterocycles. The summed E-state index contributed by atoms with van der Waals surface area (Å²) in [5.41, 5.74) is 2.69. The molecular weight excluding hydrogens is 283 g/mol. The number of aromatic nitrogens is 1. The summed E-state index contributed by atoms with van der Waals surface area (Å²) in [6.07, 6.45) is 2.94. The minimum absolute atomic E-state index is 0.161. The Morgan fingerprint density at radius 2 is 1.95 bits per heavy atom. The Morgan fingerprint density at radius 3 is 2.59 bits per heavy atom. The van der Waals surface area contributed by atoms with Gasteiger partial charge in [0.05, 0.1) is 0 Å². The number of carbonyl (C=O) groups excluding carboxylic acids is 1. The van der Waals surface area contributed by atoms with Gasteiger partial charge in [-0.2, -0.15) is 0 Å². The maximum Gasteiger partial charge on any atom is 0.253 e. The van der Waals surface area contributed by atoms with Crippen LogP contribution in [0.3, 0.4) is 0 Å². The lowest BCUT2D eigenvalue weighted by Crippen LogP contribution is -2.26. The van der Waals surface area contributed by atoms with Crippen molar-refractivity contribution in [3.8, 4) is 0 Å². The molecule has 1 aromatic heterocycles. The van der Waals surface area contributed by atoms with Crippen LogP contribution in [0, 0.1) is 19.7 Å². The largest absolute Gasteiger partial charge is 0.348 e. The Labute approximate surface area is 127 Å². The van der Waals surface area contributed by atoms with E-state index >= 15 is 0 Å². The second kappa shape index (κ2) is 6.85. The fourth-order valence-corrected chi connectivity index (χ4v) is 2.08. The first kappa shape index (κ1) is 15.7. The average Bonchev–Trinajstić information content (AvgIpc) is 2.45. The van der Waals surface area contributed by atoms with Crippen molar-refractivity contribution >= 4 is 12.0 Å². The molecule has 1 amide bonds. The molecule has 2 aromatic rings. The Morgan fingerprint density at radius 1 is 1.27 bits per heavy atom. The highest BCUT2D eigenvalue weighted by Crippen LogP contribution is 2.05. The third-order valence-electron chi connectivity index (χ3n) is 3.23. The summed E-state index contributed by atoms with van der Waals surface area (Å²) in [6.45, 7) is 3.80. The van der Waals surface area contributed by atoms with Gasteiger partial charge in [-0.1, -0.05) is 12.1 Å². The van der Waals surface area contributed by atoms with Gasteiger partial charge in [-0.15, -0.1) is 0 Å². The maximum absolute atomic E-state index is 12.8. The summed E-state index contributed by atoms with van der Waals surface area (Å²) in [5.74, 6) is -0.639. The fraction of sp³-hybridized carbons (Fsp3) is 0.176. The van der Waals surface area contributed by atoms with E-state index in [1.54, 1.807) is 18.2 Å². The summed E-state index contributed by atoms with van der Waals surface area (Å²) in [6, 6.07) is 7.67. The summed E-state index contributed by atoms with van der Waals surface area (Å²) < 4.78 is 12.8. The summed E-state index contributed by atoms with van der Waals surface area (Å²) >= 11 is 0. The van der Waals surface area contributed by atoms with Gasteiger partial charge in [0.25, 0.3) is 5.56 Å². The first-order chi connectivity index (χ1) is 10.5. The Hall–Kier alpha value is -2.69. The molecule has 0 spiro atoms. The van der Waals surface area contributed by atoms with Gasteiger partial charge in [0.2, 0.25) is 5.91 Å². The van der Waals surface area contributed by atoms with E-state index in [9.17, 15) is 14.0 Å². The zero-order valence-electron chi connectivity index (χ0n) is 12.4. The summed E-state index contributed by atoms with van der Waals surface area (Å²) in [4.78, 5) is 26.3. The normalized spacial score (nSPS) is 10.9. The molecular formula is C17H17FN2O2. The lowest BCUT2D eigenvalue weighted by molar-refractivity contribution is -0.116. The number of halogens is 1. The van der Waals surface area contributed by atoms with Crippen molar-refractivity contribution in [1.82, 2.24) is 10.3 Å². The highest BCUT2D eigenvalue weighted by atomic mass is 19.1. The van der Waals surface area contributed by atoms with Crippen molar-refractivity contribution in [2.45, 2.75) is 20.4 Å². The van der Waals surface area contributed by atoms with Crippen LogP contribution in [0.1, 0.15) is 22.4 Å². The number of H-pyrrole nitrogens is 1. The van der Waals surface area contributed by atoms with Crippen molar-refractivity contribution < 1.29 is 9.18 Å². The zero-order valence-corrected chi connectivity index (χ0v) is 12.4. The van der Waals surface area contributed by atoms with Crippen LogP contribution < -0.4 is 10.9 Å². The van der Waals surface area contributed by atoms with E-state index < -0.39 is 0 Å². The fourth-order valence-electron chi connectivity index (χ4n) is 2.08. The number of aromatic amines is 1. The molecule has 0 saturated carbocycles. The van der Waals surface area contributed by atoms with Crippen LogP contribution in [0.5, 0.6) is 0 Å². The molecule has 22 heavy (non-hydrogen) atoms. The molecule has 2 N–H and O–H groups in total. The topological polar surface area (TPSA) is 62.0 Å². The minimum Gasteiger partial charge on any atom is -0.348 e. The average molecular weight is 300 g/mol. The van der Waals surface area contributed by atoms with Crippen LogP contribution >= 0.6 is 0 Å². The van der Waals surface area contributed by atoms with Crippen LogP contribution in [-0.2, 0) is 11.3 Å². The molecule has 0 aliphatic carbocycles. The number of amides is 1. The number of hydrogen-bond donors (Lipinski definition) is 2. The number of hydrogen-bond acceptors (Lipinski definition) is 2. The third kappa shape index (κ3) is 4.15. The first-order valence-electron chi connectivity index (χ1n) is 6.86. The van der Waals surface area contributed by atoms with Gasteiger partial charge >= 0.3 is 0 Å². The van der Waals surface area contributed by atoms with E-state index in [2.05, 4.69) is 10.3 Å². The Bertz CT molecular complexity index is 761. The van der Waals surface area contributed by atoms with Gasteiger partial charge in [0.1, 0.15) is 5.82 Å². The van der Waals surface area contributed by atoms with Gasteiger partial charge < -0.3 is 10.3 Å². The monoisotopic (exact) mass is 300 g/mol. The second-order valence-electron chi connectivity index (χ2n) is 5.05. The van der Waals surface area contributed by atoms with Gasteiger partial charge in [-0.05, 0) is 49.2 Å². The van der Waals surface area contributed by atoms with Gasteiger partial charge in [0.15, 0.2) is 0 Å².